The van der Waals surface area contributed by atoms with E-state index in [1.807, 2.05) is 0 Å². The van der Waals surface area contributed by atoms with E-state index in [0.717, 1.165) is 12.8 Å². The summed E-state index contributed by atoms with van der Waals surface area (Å²) in [6, 6.07) is 4.27. The van der Waals surface area contributed by atoms with Crippen LogP contribution in [0, 0.1) is 10.1 Å². The van der Waals surface area contributed by atoms with Gasteiger partial charge in [0.15, 0.2) is 4.90 Å². The lowest BCUT2D eigenvalue weighted by Crippen LogP contribution is -2.28. The van der Waals surface area contributed by atoms with Crippen molar-refractivity contribution >= 4 is 21.4 Å². The van der Waals surface area contributed by atoms with E-state index in [9.17, 15) is 18.5 Å². The molecule has 104 valence electrons. The Morgan fingerprint density at radius 1 is 1.32 bits per heavy atom. The first kappa shape index (κ1) is 13.8. The highest BCUT2D eigenvalue weighted by Crippen LogP contribution is 2.34. The lowest BCUT2D eigenvalue weighted by Gasteiger charge is -2.16. The predicted molar refractivity (Wildman–Crippen MR) is 70.6 cm³/mol. The third-order valence-corrected chi connectivity index (χ3v) is 5.06. The Morgan fingerprint density at radius 2 is 1.95 bits per heavy atom. The van der Waals surface area contributed by atoms with Crippen molar-refractivity contribution in [2.45, 2.75) is 17.7 Å². The molecule has 1 fully saturated rings. The van der Waals surface area contributed by atoms with Crippen LogP contribution in [0.1, 0.15) is 12.8 Å². The molecule has 8 heteroatoms. The third-order valence-electron chi connectivity index (χ3n) is 3.13. The molecule has 7 nitrogen and oxygen atoms in total. The second kappa shape index (κ2) is 5.14. The zero-order valence-electron chi connectivity index (χ0n) is 10.5. The number of para-hydroxylation sites is 1. The van der Waals surface area contributed by atoms with E-state index in [1.165, 1.54) is 29.6 Å². The van der Waals surface area contributed by atoms with Crippen molar-refractivity contribution in [1.82, 2.24) is 4.31 Å². The summed E-state index contributed by atoms with van der Waals surface area (Å²) in [7, 11) is -2.27. The molecule has 19 heavy (non-hydrogen) atoms. The molecule has 0 radical (unpaired) electrons. The van der Waals surface area contributed by atoms with Gasteiger partial charge in [0.25, 0.3) is 0 Å². The Bertz CT molecular complexity index is 594. The molecule has 1 aromatic rings. The smallest absolute Gasteiger partial charge is 0.312 e. The number of sulfonamides is 1. The maximum Gasteiger partial charge on any atom is 0.312 e. The number of anilines is 1. The van der Waals surface area contributed by atoms with Crippen LogP contribution in [-0.4, -0.2) is 37.8 Å². The normalized spacial score (nSPS) is 16.5. The molecular weight excluding hydrogens is 270 g/mol. The molecule has 1 saturated heterocycles. The summed E-state index contributed by atoms with van der Waals surface area (Å²) in [6.07, 6.45) is 1.58. The first-order chi connectivity index (χ1) is 8.98. The average molecular weight is 285 g/mol. The lowest BCUT2D eigenvalue weighted by molar-refractivity contribution is -0.386. The van der Waals surface area contributed by atoms with E-state index in [2.05, 4.69) is 5.32 Å². The third kappa shape index (κ3) is 2.41. The molecule has 0 bridgehead atoms. The van der Waals surface area contributed by atoms with Gasteiger partial charge in [-0.1, -0.05) is 6.07 Å². The Balaban J connectivity index is 2.58. The molecule has 0 unspecified atom stereocenters. The van der Waals surface area contributed by atoms with Crippen molar-refractivity contribution < 1.29 is 13.3 Å². The highest BCUT2D eigenvalue weighted by Gasteiger charge is 2.34. The Hall–Kier alpha value is -1.67. The Labute approximate surface area is 111 Å². The summed E-state index contributed by atoms with van der Waals surface area (Å²) >= 11 is 0. The van der Waals surface area contributed by atoms with Crippen LogP contribution in [0.3, 0.4) is 0 Å². The molecule has 2 rings (SSSR count). The number of nitrogens with one attached hydrogen (secondary N) is 1. The summed E-state index contributed by atoms with van der Waals surface area (Å²) in [5.41, 5.74) is -0.192. The summed E-state index contributed by atoms with van der Waals surface area (Å²) in [5.74, 6) is 0. The fourth-order valence-electron chi connectivity index (χ4n) is 2.19. The van der Waals surface area contributed by atoms with E-state index in [4.69, 9.17) is 0 Å². The average Bonchev–Trinajstić information content (AvgIpc) is 2.92. The molecular formula is C11H15N3O4S. The maximum atomic E-state index is 12.4. The molecule has 0 aromatic heterocycles. The minimum Gasteiger partial charge on any atom is -0.383 e. The number of rotatable bonds is 4. The van der Waals surface area contributed by atoms with Gasteiger partial charge in [0.2, 0.25) is 10.0 Å². The summed E-state index contributed by atoms with van der Waals surface area (Å²) in [6.45, 7) is 0.840. The molecule has 1 aromatic carbocycles. The number of nitro groups is 1. The van der Waals surface area contributed by atoms with Gasteiger partial charge in [-0.3, -0.25) is 10.1 Å². The lowest BCUT2D eigenvalue weighted by atomic mass is 10.3. The van der Waals surface area contributed by atoms with Crippen LogP contribution in [0.25, 0.3) is 0 Å². The Morgan fingerprint density at radius 3 is 2.47 bits per heavy atom. The molecule has 1 aliphatic heterocycles. The molecule has 1 heterocycles. The van der Waals surface area contributed by atoms with Crippen LogP contribution in [0.15, 0.2) is 23.1 Å². The Kier molecular flexibility index (Phi) is 3.72. The van der Waals surface area contributed by atoms with Crippen LogP contribution in [0.5, 0.6) is 0 Å². The van der Waals surface area contributed by atoms with Gasteiger partial charge in [0.05, 0.1) is 4.92 Å². The summed E-state index contributed by atoms with van der Waals surface area (Å²) in [5, 5.41) is 13.8. The minimum absolute atomic E-state index is 0.199. The summed E-state index contributed by atoms with van der Waals surface area (Å²) in [4.78, 5) is 10.2. The molecule has 0 amide bonds. The monoisotopic (exact) mass is 285 g/mol. The van der Waals surface area contributed by atoms with E-state index in [1.54, 1.807) is 0 Å². The van der Waals surface area contributed by atoms with Gasteiger partial charge >= 0.3 is 5.69 Å². The van der Waals surface area contributed by atoms with Gasteiger partial charge in [-0.15, -0.1) is 0 Å². The molecule has 0 aliphatic carbocycles. The SMILES string of the molecule is CNc1cccc(S(=O)(=O)N2CCCC2)c1[N+](=O)[O-]. The van der Waals surface area contributed by atoms with Gasteiger partial charge in [0, 0.05) is 20.1 Å². The fourth-order valence-corrected chi connectivity index (χ4v) is 3.88. The first-order valence-corrected chi connectivity index (χ1v) is 7.38. The van der Waals surface area contributed by atoms with Crippen molar-refractivity contribution in [1.29, 1.82) is 0 Å². The van der Waals surface area contributed by atoms with Crippen LogP contribution in [-0.2, 0) is 10.0 Å². The fraction of sp³-hybridized carbons (Fsp3) is 0.455. The zero-order valence-corrected chi connectivity index (χ0v) is 11.3. The van der Waals surface area contributed by atoms with Gasteiger partial charge in [-0.25, -0.2) is 8.42 Å². The largest absolute Gasteiger partial charge is 0.383 e. The van der Waals surface area contributed by atoms with Crippen molar-refractivity contribution in [2.24, 2.45) is 0 Å². The standard InChI is InChI=1S/C11H15N3O4S/c1-12-9-5-4-6-10(11(9)14(15)16)19(17,18)13-7-2-3-8-13/h4-6,12H,2-3,7-8H2,1H3. The summed E-state index contributed by atoms with van der Waals surface area (Å²) < 4.78 is 26.1. The van der Waals surface area contributed by atoms with Crippen molar-refractivity contribution in [3.63, 3.8) is 0 Å². The van der Waals surface area contributed by atoms with E-state index >= 15 is 0 Å². The van der Waals surface area contributed by atoms with E-state index in [-0.39, 0.29) is 10.6 Å². The van der Waals surface area contributed by atoms with Crippen LogP contribution in [0.4, 0.5) is 11.4 Å². The second-order valence-electron chi connectivity index (χ2n) is 4.27. The quantitative estimate of drug-likeness (QED) is 0.667. The van der Waals surface area contributed by atoms with Crippen molar-refractivity contribution in [3.8, 4) is 0 Å². The first-order valence-electron chi connectivity index (χ1n) is 5.94. The molecule has 1 N–H and O–H groups in total. The van der Waals surface area contributed by atoms with Gasteiger partial charge in [-0.2, -0.15) is 4.31 Å². The predicted octanol–water partition coefficient (Wildman–Crippen LogP) is 1.42. The van der Waals surface area contributed by atoms with Gasteiger partial charge in [-0.05, 0) is 25.0 Å². The molecule has 0 atom stereocenters. The zero-order chi connectivity index (χ0) is 14.0. The number of hydrogen-bond donors (Lipinski definition) is 1. The second-order valence-corrected chi connectivity index (χ2v) is 6.18. The molecule has 0 saturated carbocycles. The van der Waals surface area contributed by atoms with Gasteiger partial charge < -0.3 is 5.32 Å². The number of nitro benzene ring substituents is 1. The van der Waals surface area contributed by atoms with Crippen LogP contribution < -0.4 is 5.32 Å². The molecule has 1 aliphatic rings. The topological polar surface area (TPSA) is 92.6 Å². The molecule has 0 spiro atoms. The number of nitrogens with zero attached hydrogens (tertiary/aromatic N) is 2. The highest BCUT2D eigenvalue weighted by molar-refractivity contribution is 7.89. The van der Waals surface area contributed by atoms with Crippen molar-refractivity contribution in [3.05, 3.63) is 28.3 Å². The number of hydrogen-bond acceptors (Lipinski definition) is 5. The minimum atomic E-state index is -3.80. The van der Waals surface area contributed by atoms with E-state index < -0.39 is 20.6 Å². The van der Waals surface area contributed by atoms with Crippen LogP contribution >= 0.6 is 0 Å². The highest BCUT2D eigenvalue weighted by atomic mass is 32.2. The van der Waals surface area contributed by atoms with Crippen LogP contribution in [0.2, 0.25) is 0 Å². The van der Waals surface area contributed by atoms with Gasteiger partial charge in [0.1, 0.15) is 5.69 Å². The maximum absolute atomic E-state index is 12.4. The van der Waals surface area contributed by atoms with Crippen molar-refractivity contribution in [2.75, 3.05) is 25.5 Å². The van der Waals surface area contributed by atoms with E-state index in [0.29, 0.717) is 13.1 Å². The number of benzene rings is 1.